The van der Waals surface area contributed by atoms with E-state index in [1.165, 1.54) is 4.90 Å². The first-order chi connectivity index (χ1) is 13.6. The molecule has 2 saturated heterocycles. The molecule has 0 N–H and O–H groups in total. The summed E-state index contributed by atoms with van der Waals surface area (Å²) in [5.41, 5.74) is 0.494. The van der Waals surface area contributed by atoms with Crippen molar-refractivity contribution in [2.24, 2.45) is 5.92 Å². The third kappa shape index (κ3) is 5.28. The Kier molecular flexibility index (Phi) is 6.15. The number of nitrogens with zero attached hydrogens (tertiary/aromatic N) is 2. The summed E-state index contributed by atoms with van der Waals surface area (Å²) in [5.74, 6) is -0.243. The highest BCUT2D eigenvalue weighted by Crippen LogP contribution is 2.29. The van der Waals surface area contributed by atoms with E-state index in [4.69, 9.17) is 9.47 Å². The Morgan fingerprint density at radius 1 is 1.21 bits per heavy atom. The predicted octanol–water partition coefficient (Wildman–Crippen LogP) is 3.61. The van der Waals surface area contributed by atoms with Crippen LogP contribution in [-0.2, 0) is 20.7 Å². The molecule has 158 valence electrons. The highest BCUT2D eigenvalue weighted by molar-refractivity contribution is 5.93. The Hall–Kier alpha value is -2.57. The molecule has 7 heteroatoms. The summed E-state index contributed by atoms with van der Waals surface area (Å²) in [6.45, 7) is 8.12. The van der Waals surface area contributed by atoms with Gasteiger partial charge in [0.25, 0.3) is 0 Å². The lowest BCUT2D eigenvalue weighted by Gasteiger charge is -2.27. The van der Waals surface area contributed by atoms with E-state index in [1.54, 1.807) is 4.90 Å². The number of hydrogen-bond donors (Lipinski definition) is 0. The molecule has 2 fully saturated rings. The van der Waals surface area contributed by atoms with Crippen molar-refractivity contribution in [3.8, 4) is 0 Å². The third-order valence-corrected chi connectivity index (χ3v) is 5.30. The van der Waals surface area contributed by atoms with Gasteiger partial charge in [-0.2, -0.15) is 0 Å². The maximum atomic E-state index is 12.9. The van der Waals surface area contributed by atoms with Crippen molar-refractivity contribution in [2.45, 2.75) is 64.6 Å². The molecule has 0 saturated carbocycles. The molecule has 1 aromatic rings. The molecular formula is C22H30N2O5. The van der Waals surface area contributed by atoms with Crippen molar-refractivity contribution in [3.05, 3.63) is 35.9 Å². The second kappa shape index (κ2) is 8.43. The fourth-order valence-electron chi connectivity index (χ4n) is 4.01. The van der Waals surface area contributed by atoms with Gasteiger partial charge in [0, 0.05) is 19.0 Å². The lowest BCUT2D eigenvalue weighted by molar-refractivity contribution is -0.130. The zero-order chi connectivity index (χ0) is 21.2. The first-order valence-corrected chi connectivity index (χ1v) is 10.2. The number of likely N-dealkylation sites (tertiary alicyclic amines) is 1. The van der Waals surface area contributed by atoms with E-state index in [9.17, 15) is 14.4 Å². The fourth-order valence-corrected chi connectivity index (χ4v) is 4.01. The number of hydrogen-bond acceptors (Lipinski definition) is 5. The van der Waals surface area contributed by atoms with Crippen LogP contribution in [0.4, 0.5) is 9.59 Å². The summed E-state index contributed by atoms with van der Waals surface area (Å²) < 4.78 is 10.6. The monoisotopic (exact) mass is 402 g/mol. The lowest BCUT2D eigenvalue weighted by atomic mass is 10.0. The molecule has 0 aromatic heterocycles. The molecule has 3 atom stereocenters. The number of cyclic esters (lactones) is 1. The first-order valence-electron chi connectivity index (χ1n) is 10.2. The highest BCUT2D eigenvalue weighted by Gasteiger charge is 2.41. The van der Waals surface area contributed by atoms with Crippen molar-refractivity contribution in [1.29, 1.82) is 0 Å². The van der Waals surface area contributed by atoms with Gasteiger partial charge in [-0.3, -0.25) is 4.79 Å². The van der Waals surface area contributed by atoms with Crippen LogP contribution in [0.1, 0.15) is 46.1 Å². The molecule has 0 aliphatic carbocycles. The Morgan fingerprint density at radius 3 is 2.55 bits per heavy atom. The van der Waals surface area contributed by atoms with Gasteiger partial charge in [-0.25, -0.2) is 14.5 Å². The van der Waals surface area contributed by atoms with E-state index < -0.39 is 11.7 Å². The van der Waals surface area contributed by atoms with E-state index in [2.05, 4.69) is 0 Å². The maximum Gasteiger partial charge on any atom is 0.416 e. The summed E-state index contributed by atoms with van der Waals surface area (Å²) in [4.78, 5) is 40.4. The van der Waals surface area contributed by atoms with Crippen molar-refractivity contribution in [1.82, 2.24) is 9.80 Å². The van der Waals surface area contributed by atoms with Crippen molar-refractivity contribution < 1.29 is 23.9 Å². The molecule has 0 unspecified atom stereocenters. The second-order valence-electron chi connectivity index (χ2n) is 8.97. The van der Waals surface area contributed by atoms with Crippen LogP contribution in [0, 0.1) is 5.92 Å². The standard InChI is InChI=1S/C22H30N2O5/c1-15-10-17(13-23(15)20(26)29-22(2,3)4)12-19(25)24-18(14-28-21(24)27)11-16-8-6-5-7-9-16/h5-9,15,17-18H,10-14H2,1-4H3/t15-,17-,18+/m1/s1. The van der Waals surface area contributed by atoms with Crippen LogP contribution in [-0.4, -0.2) is 58.7 Å². The molecule has 2 heterocycles. The second-order valence-corrected chi connectivity index (χ2v) is 8.97. The molecule has 2 aliphatic heterocycles. The molecule has 7 nitrogen and oxygen atoms in total. The van der Waals surface area contributed by atoms with E-state index >= 15 is 0 Å². The normalized spacial score (nSPS) is 24.6. The van der Waals surface area contributed by atoms with Gasteiger partial charge in [0.05, 0.1) is 6.04 Å². The Bertz CT molecular complexity index is 758. The van der Waals surface area contributed by atoms with Crippen LogP contribution in [0.5, 0.6) is 0 Å². The van der Waals surface area contributed by atoms with E-state index in [0.29, 0.717) is 19.4 Å². The van der Waals surface area contributed by atoms with Crippen LogP contribution in [0.3, 0.4) is 0 Å². The largest absolute Gasteiger partial charge is 0.447 e. The van der Waals surface area contributed by atoms with E-state index in [-0.39, 0.29) is 43.0 Å². The molecule has 29 heavy (non-hydrogen) atoms. The van der Waals surface area contributed by atoms with Crippen LogP contribution in [0.25, 0.3) is 0 Å². The van der Waals surface area contributed by atoms with E-state index in [1.807, 2.05) is 58.0 Å². The van der Waals surface area contributed by atoms with Crippen LogP contribution < -0.4 is 0 Å². The topological polar surface area (TPSA) is 76.2 Å². The fraction of sp³-hybridized carbons (Fsp3) is 0.591. The summed E-state index contributed by atoms with van der Waals surface area (Å²) in [5, 5.41) is 0. The summed E-state index contributed by atoms with van der Waals surface area (Å²) >= 11 is 0. The van der Waals surface area contributed by atoms with Crippen LogP contribution >= 0.6 is 0 Å². The van der Waals surface area contributed by atoms with Gasteiger partial charge in [-0.15, -0.1) is 0 Å². The van der Waals surface area contributed by atoms with Crippen molar-refractivity contribution in [3.63, 3.8) is 0 Å². The minimum absolute atomic E-state index is 0.00389. The minimum atomic E-state index is -0.578. The highest BCUT2D eigenvalue weighted by atomic mass is 16.6. The zero-order valence-electron chi connectivity index (χ0n) is 17.6. The number of amides is 3. The summed E-state index contributed by atoms with van der Waals surface area (Å²) in [6, 6.07) is 9.45. The van der Waals surface area contributed by atoms with Crippen molar-refractivity contribution >= 4 is 18.1 Å². The average Bonchev–Trinajstić information content (AvgIpc) is 3.17. The lowest BCUT2D eigenvalue weighted by Crippen LogP contribution is -2.41. The molecule has 0 bridgehead atoms. The molecule has 1 aromatic carbocycles. The Balaban J connectivity index is 1.60. The minimum Gasteiger partial charge on any atom is -0.447 e. The molecule has 3 amide bonds. The molecular weight excluding hydrogens is 372 g/mol. The van der Waals surface area contributed by atoms with Gasteiger partial charge >= 0.3 is 12.2 Å². The molecule has 2 aliphatic rings. The van der Waals surface area contributed by atoms with Gasteiger partial charge in [-0.1, -0.05) is 30.3 Å². The summed E-state index contributed by atoms with van der Waals surface area (Å²) in [7, 11) is 0. The SMILES string of the molecule is C[C@@H]1C[C@H](CC(=O)N2C(=O)OC[C@@H]2Cc2ccccc2)CN1C(=O)OC(C)(C)C. The van der Waals surface area contributed by atoms with Gasteiger partial charge in [-0.05, 0) is 52.0 Å². The van der Waals surface area contributed by atoms with Crippen molar-refractivity contribution in [2.75, 3.05) is 13.2 Å². The quantitative estimate of drug-likeness (QED) is 0.769. The van der Waals surface area contributed by atoms with Gasteiger partial charge in [0.1, 0.15) is 12.2 Å². The molecule has 3 rings (SSSR count). The number of benzene rings is 1. The number of ether oxygens (including phenoxy) is 2. The molecule has 0 radical (unpaired) electrons. The first kappa shape index (κ1) is 21.1. The smallest absolute Gasteiger partial charge is 0.416 e. The average molecular weight is 402 g/mol. The maximum absolute atomic E-state index is 12.9. The third-order valence-electron chi connectivity index (χ3n) is 5.30. The van der Waals surface area contributed by atoms with Crippen LogP contribution in [0.2, 0.25) is 0 Å². The Labute approximate surface area is 171 Å². The van der Waals surface area contributed by atoms with Crippen LogP contribution in [0.15, 0.2) is 30.3 Å². The molecule has 0 spiro atoms. The predicted molar refractivity (Wildman–Crippen MR) is 107 cm³/mol. The van der Waals surface area contributed by atoms with Gasteiger partial charge < -0.3 is 14.4 Å². The summed E-state index contributed by atoms with van der Waals surface area (Å²) in [6.07, 6.45) is 0.554. The number of rotatable bonds is 4. The number of carbonyl (C=O) groups is 3. The number of carbonyl (C=O) groups excluding carboxylic acids is 3. The van der Waals surface area contributed by atoms with Gasteiger partial charge in [0.2, 0.25) is 5.91 Å². The number of imide groups is 1. The zero-order valence-corrected chi connectivity index (χ0v) is 17.6. The Morgan fingerprint density at radius 2 is 1.90 bits per heavy atom. The van der Waals surface area contributed by atoms with Gasteiger partial charge in [0.15, 0.2) is 0 Å². The van der Waals surface area contributed by atoms with E-state index in [0.717, 1.165) is 5.56 Å².